The molecule has 0 saturated carbocycles. The van der Waals surface area contributed by atoms with Crippen molar-refractivity contribution in [1.82, 2.24) is 14.7 Å². The van der Waals surface area contributed by atoms with Gasteiger partial charge in [0.05, 0.1) is 12.7 Å². The maximum atomic E-state index is 12.1. The normalized spacial score (nSPS) is 11.5. The minimum atomic E-state index is -3.63. The molecule has 2 heterocycles. The number of sulfonamides is 1. The molecule has 6 nitrogen and oxygen atoms in total. The van der Waals surface area contributed by atoms with Crippen molar-refractivity contribution >= 4 is 10.0 Å². The second-order valence-electron chi connectivity index (χ2n) is 4.50. The Kier molecular flexibility index (Phi) is 3.99. The fraction of sp³-hybridized carbons (Fsp3) is 0.0667. The Balaban J connectivity index is 1.72. The summed E-state index contributed by atoms with van der Waals surface area (Å²) < 4.78 is 32.1. The smallest absolute Gasteiger partial charge is 0.242 e. The Labute approximate surface area is 127 Å². The Bertz CT molecular complexity index is 846. The van der Waals surface area contributed by atoms with Crippen molar-refractivity contribution < 1.29 is 12.8 Å². The minimum Gasteiger partial charge on any atom is -0.439 e. The predicted octanol–water partition coefficient (Wildman–Crippen LogP) is 2.22. The third-order valence-corrected chi connectivity index (χ3v) is 4.36. The highest BCUT2D eigenvalue weighted by atomic mass is 32.2. The zero-order valence-corrected chi connectivity index (χ0v) is 12.3. The van der Waals surface area contributed by atoms with E-state index in [2.05, 4.69) is 14.7 Å². The Morgan fingerprint density at radius 2 is 1.86 bits per heavy atom. The van der Waals surface area contributed by atoms with E-state index < -0.39 is 10.0 Å². The number of aromatic nitrogens is 2. The average Bonchev–Trinajstić information content (AvgIpc) is 3.04. The van der Waals surface area contributed by atoms with Crippen molar-refractivity contribution in [2.45, 2.75) is 11.4 Å². The van der Waals surface area contributed by atoms with Gasteiger partial charge in [-0.15, -0.1) is 0 Å². The highest BCUT2D eigenvalue weighted by molar-refractivity contribution is 7.89. The molecular weight excluding hydrogens is 302 g/mol. The van der Waals surface area contributed by atoms with Gasteiger partial charge in [-0.25, -0.2) is 18.1 Å². The number of benzene rings is 1. The van der Waals surface area contributed by atoms with Crippen molar-refractivity contribution in [3.8, 4) is 11.3 Å². The monoisotopic (exact) mass is 315 g/mol. The van der Waals surface area contributed by atoms with Gasteiger partial charge in [0.25, 0.3) is 0 Å². The first-order chi connectivity index (χ1) is 10.6. The van der Waals surface area contributed by atoms with Crippen LogP contribution in [0.2, 0.25) is 0 Å². The molecule has 3 rings (SSSR count). The summed E-state index contributed by atoms with van der Waals surface area (Å²) in [6.07, 6.45) is 4.37. The van der Waals surface area contributed by atoms with Crippen molar-refractivity contribution in [2.24, 2.45) is 0 Å². The van der Waals surface area contributed by atoms with Gasteiger partial charge >= 0.3 is 0 Å². The molecule has 1 N–H and O–H groups in total. The van der Waals surface area contributed by atoms with Crippen LogP contribution in [-0.4, -0.2) is 18.4 Å². The Hall–Kier alpha value is -2.51. The van der Waals surface area contributed by atoms with Crippen LogP contribution in [0.4, 0.5) is 0 Å². The van der Waals surface area contributed by atoms with E-state index in [0.29, 0.717) is 11.7 Å². The van der Waals surface area contributed by atoms with Crippen molar-refractivity contribution in [2.75, 3.05) is 0 Å². The topological polar surface area (TPSA) is 85.1 Å². The van der Waals surface area contributed by atoms with Crippen LogP contribution < -0.4 is 4.72 Å². The van der Waals surface area contributed by atoms with Crippen molar-refractivity contribution in [1.29, 1.82) is 0 Å². The lowest BCUT2D eigenvalue weighted by atomic mass is 10.2. The zero-order valence-electron chi connectivity index (χ0n) is 11.5. The van der Waals surface area contributed by atoms with Crippen LogP contribution in [0.3, 0.4) is 0 Å². The number of nitrogens with one attached hydrogen (secondary N) is 1. The van der Waals surface area contributed by atoms with E-state index in [1.54, 1.807) is 12.3 Å². The number of hydrogen-bond donors (Lipinski definition) is 1. The van der Waals surface area contributed by atoms with Crippen molar-refractivity contribution in [3.05, 3.63) is 66.9 Å². The Morgan fingerprint density at radius 1 is 1.05 bits per heavy atom. The molecule has 0 spiro atoms. The number of rotatable bonds is 5. The number of pyridine rings is 1. The molecule has 7 heteroatoms. The molecule has 0 bridgehead atoms. The fourth-order valence-electron chi connectivity index (χ4n) is 1.87. The molecule has 22 heavy (non-hydrogen) atoms. The predicted molar refractivity (Wildman–Crippen MR) is 80.2 cm³/mol. The van der Waals surface area contributed by atoms with E-state index in [9.17, 15) is 8.42 Å². The van der Waals surface area contributed by atoms with Gasteiger partial charge in [-0.3, -0.25) is 4.98 Å². The minimum absolute atomic E-state index is 0.0237. The summed E-state index contributed by atoms with van der Waals surface area (Å²) in [6, 6.07) is 12.5. The SMILES string of the molecule is O=S(=O)(NCc1ncc(-c2ccccc2)o1)c1cccnc1. The number of hydrogen-bond acceptors (Lipinski definition) is 5. The highest BCUT2D eigenvalue weighted by Crippen LogP contribution is 2.19. The average molecular weight is 315 g/mol. The zero-order chi connectivity index (χ0) is 15.4. The molecule has 0 saturated heterocycles. The van der Waals surface area contributed by atoms with Crippen LogP contribution in [0.1, 0.15) is 5.89 Å². The molecule has 0 amide bonds. The number of nitrogens with zero attached hydrogens (tertiary/aromatic N) is 2. The summed E-state index contributed by atoms with van der Waals surface area (Å²) in [6.45, 7) is -0.0237. The lowest BCUT2D eigenvalue weighted by Gasteiger charge is -2.03. The molecule has 1 aromatic carbocycles. The van der Waals surface area contributed by atoms with Crippen molar-refractivity contribution in [3.63, 3.8) is 0 Å². The lowest BCUT2D eigenvalue weighted by molar-refractivity contribution is 0.494. The van der Waals surface area contributed by atoms with Gasteiger partial charge in [0.15, 0.2) is 5.76 Å². The summed E-state index contributed by atoms with van der Waals surface area (Å²) in [5, 5.41) is 0. The molecular formula is C15H13N3O3S. The molecule has 3 aromatic rings. The molecule has 0 atom stereocenters. The van der Waals surface area contributed by atoms with Crippen LogP contribution >= 0.6 is 0 Å². The van der Waals surface area contributed by atoms with Gasteiger partial charge in [-0.05, 0) is 12.1 Å². The van der Waals surface area contributed by atoms with Gasteiger partial charge in [-0.1, -0.05) is 30.3 Å². The molecule has 2 aromatic heterocycles. The quantitative estimate of drug-likeness (QED) is 0.780. The van der Waals surface area contributed by atoms with E-state index in [-0.39, 0.29) is 11.4 Å². The number of oxazole rings is 1. The van der Waals surface area contributed by atoms with E-state index in [1.807, 2.05) is 30.3 Å². The third-order valence-electron chi connectivity index (χ3n) is 2.97. The largest absolute Gasteiger partial charge is 0.439 e. The second-order valence-corrected chi connectivity index (χ2v) is 6.26. The summed E-state index contributed by atoms with van der Waals surface area (Å²) in [7, 11) is -3.63. The van der Waals surface area contributed by atoms with E-state index in [1.165, 1.54) is 18.5 Å². The Morgan fingerprint density at radius 3 is 2.59 bits per heavy atom. The standard InChI is InChI=1S/C15H13N3O3S/c19-22(20,13-7-4-8-16-9-13)18-11-15-17-10-14(21-15)12-5-2-1-3-6-12/h1-10,18H,11H2. The van der Waals surface area contributed by atoms with E-state index in [4.69, 9.17) is 4.42 Å². The van der Waals surface area contributed by atoms with Gasteiger partial charge < -0.3 is 4.42 Å². The van der Waals surface area contributed by atoms with E-state index in [0.717, 1.165) is 5.56 Å². The van der Waals surface area contributed by atoms with Gasteiger partial charge in [0.2, 0.25) is 15.9 Å². The van der Waals surface area contributed by atoms with Crippen LogP contribution in [0.15, 0.2) is 70.4 Å². The molecule has 0 aliphatic carbocycles. The van der Waals surface area contributed by atoms with Gasteiger partial charge in [0, 0.05) is 18.0 Å². The maximum absolute atomic E-state index is 12.1. The summed E-state index contributed by atoms with van der Waals surface area (Å²) >= 11 is 0. The van der Waals surface area contributed by atoms with Gasteiger partial charge in [-0.2, -0.15) is 0 Å². The van der Waals surface area contributed by atoms with Crippen LogP contribution in [0.5, 0.6) is 0 Å². The first-order valence-electron chi connectivity index (χ1n) is 6.55. The molecule has 112 valence electrons. The first-order valence-corrected chi connectivity index (χ1v) is 8.03. The van der Waals surface area contributed by atoms with Crippen LogP contribution in [0, 0.1) is 0 Å². The summed E-state index contributed by atoms with van der Waals surface area (Å²) in [5.41, 5.74) is 0.886. The first kappa shape index (κ1) is 14.4. The highest BCUT2D eigenvalue weighted by Gasteiger charge is 2.15. The second kappa shape index (κ2) is 6.08. The summed E-state index contributed by atoms with van der Waals surface area (Å²) in [5.74, 6) is 0.891. The third kappa shape index (κ3) is 3.21. The molecule has 0 aliphatic rings. The molecule has 0 fully saturated rings. The van der Waals surface area contributed by atoms with Crippen LogP contribution in [-0.2, 0) is 16.6 Å². The molecule has 0 radical (unpaired) electrons. The fourth-order valence-corrected chi connectivity index (χ4v) is 2.81. The lowest BCUT2D eigenvalue weighted by Crippen LogP contribution is -2.23. The summed E-state index contributed by atoms with van der Waals surface area (Å²) in [4.78, 5) is 7.97. The van der Waals surface area contributed by atoms with Gasteiger partial charge in [0.1, 0.15) is 4.90 Å². The molecule has 0 unspecified atom stereocenters. The molecule has 0 aliphatic heterocycles. The maximum Gasteiger partial charge on any atom is 0.242 e. The van der Waals surface area contributed by atoms with Crippen LogP contribution in [0.25, 0.3) is 11.3 Å². The van der Waals surface area contributed by atoms with E-state index >= 15 is 0 Å².